The van der Waals surface area contributed by atoms with Crippen molar-refractivity contribution in [3.8, 4) is 34.0 Å². The van der Waals surface area contributed by atoms with Crippen molar-refractivity contribution in [3.63, 3.8) is 0 Å². The number of nitrogens with zero attached hydrogens (tertiary/aromatic N) is 5. The van der Waals surface area contributed by atoms with Crippen LogP contribution in [0, 0.1) is 0 Å². The van der Waals surface area contributed by atoms with Crippen molar-refractivity contribution in [2.75, 3.05) is 32.3 Å². The van der Waals surface area contributed by atoms with Crippen molar-refractivity contribution in [1.82, 2.24) is 30.2 Å². The highest BCUT2D eigenvalue weighted by atomic mass is 79.9. The van der Waals surface area contributed by atoms with Crippen LogP contribution in [0.25, 0.3) is 22.5 Å². The van der Waals surface area contributed by atoms with Gasteiger partial charge in [0.1, 0.15) is 11.5 Å². The number of benzene rings is 2. The molecule has 2 aromatic heterocycles. The van der Waals surface area contributed by atoms with Crippen LogP contribution in [0.15, 0.2) is 33.2 Å². The van der Waals surface area contributed by atoms with Gasteiger partial charge in [0.05, 0.1) is 75.7 Å². The van der Waals surface area contributed by atoms with Crippen LogP contribution in [0.2, 0.25) is 10.0 Å². The van der Waals surface area contributed by atoms with E-state index in [2.05, 4.69) is 57.1 Å². The fraction of sp³-hybridized carbons (Fsp3) is 0.276. The summed E-state index contributed by atoms with van der Waals surface area (Å²) in [6.07, 6.45) is -0.399. The number of nitrogens with one attached hydrogen (secondary N) is 1. The number of hydrogen-bond donors (Lipinski definition) is 3. The van der Waals surface area contributed by atoms with Gasteiger partial charge in [0.15, 0.2) is 0 Å². The lowest BCUT2D eigenvalue weighted by molar-refractivity contribution is 0.106. The topological polar surface area (TPSA) is 164 Å². The first-order valence-electron chi connectivity index (χ1n) is 13.5. The first-order valence-corrected chi connectivity index (χ1v) is 15.9. The number of aromatic nitrogens is 4. The predicted octanol–water partition coefficient (Wildman–Crippen LogP) is 6.38. The van der Waals surface area contributed by atoms with Gasteiger partial charge < -0.3 is 31.0 Å². The van der Waals surface area contributed by atoms with E-state index in [1.54, 1.807) is 44.2 Å². The lowest BCUT2D eigenvalue weighted by Gasteiger charge is -2.14. The summed E-state index contributed by atoms with van der Waals surface area (Å²) in [5, 5.41) is 4.32. The molecule has 0 saturated heterocycles. The van der Waals surface area contributed by atoms with Crippen molar-refractivity contribution in [2.45, 2.75) is 33.1 Å². The quantitative estimate of drug-likeness (QED) is 0.206. The smallest absolute Gasteiger partial charge is 0.410 e. The van der Waals surface area contributed by atoms with E-state index in [9.17, 15) is 4.79 Å². The largest absolute Gasteiger partial charge is 0.496 e. The molecular formula is C29H28Br2Cl2N8O4. The minimum absolute atomic E-state index is 0.123. The Kier molecular flexibility index (Phi) is 10.2. The van der Waals surface area contributed by atoms with Gasteiger partial charge in [-0.25, -0.2) is 24.7 Å². The second-order valence-electron chi connectivity index (χ2n) is 9.80. The summed E-state index contributed by atoms with van der Waals surface area (Å²) in [6, 6.07) is 7.16. The Morgan fingerprint density at radius 1 is 0.844 bits per heavy atom. The number of nitrogens with two attached hydrogens (primary N) is 2. The molecule has 1 amide bonds. The van der Waals surface area contributed by atoms with E-state index in [1.807, 2.05) is 6.07 Å². The molecule has 0 atom stereocenters. The maximum Gasteiger partial charge on any atom is 0.410 e. The molecule has 5 N–H and O–H groups in total. The van der Waals surface area contributed by atoms with Crippen LogP contribution in [0.1, 0.15) is 29.4 Å². The van der Waals surface area contributed by atoms with Crippen LogP contribution in [0.3, 0.4) is 0 Å². The number of halogens is 4. The highest BCUT2D eigenvalue weighted by molar-refractivity contribution is 9.11. The van der Waals surface area contributed by atoms with Gasteiger partial charge in [-0.1, -0.05) is 23.2 Å². The lowest BCUT2D eigenvalue weighted by Crippen LogP contribution is -2.26. The van der Waals surface area contributed by atoms with Crippen LogP contribution >= 0.6 is 55.1 Å². The molecule has 0 unspecified atom stereocenters. The van der Waals surface area contributed by atoms with Crippen molar-refractivity contribution in [2.24, 2.45) is 0 Å². The molecule has 2 aliphatic heterocycles. The maximum absolute atomic E-state index is 12.0. The van der Waals surface area contributed by atoms with Crippen molar-refractivity contribution in [3.05, 3.63) is 65.8 Å². The highest BCUT2D eigenvalue weighted by Gasteiger charge is 2.30. The number of ether oxygens (including phenoxy) is 3. The molecule has 12 nitrogen and oxygen atoms in total. The van der Waals surface area contributed by atoms with Gasteiger partial charge in [-0.05, 0) is 63.0 Å². The molecule has 4 heterocycles. The summed E-state index contributed by atoms with van der Waals surface area (Å²) in [7, 11) is 3.18. The van der Waals surface area contributed by atoms with Crippen molar-refractivity contribution >= 4 is 73.1 Å². The van der Waals surface area contributed by atoms with Gasteiger partial charge in [0.2, 0.25) is 11.9 Å². The summed E-state index contributed by atoms with van der Waals surface area (Å²) < 4.78 is 17.2. The van der Waals surface area contributed by atoms with Gasteiger partial charge in [-0.3, -0.25) is 4.90 Å². The summed E-state index contributed by atoms with van der Waals surface area (Å²) >= 11 is 19.6. The molecule has 2 aromatic carbocycles. The van der Waals surface area contributed by atoms with Gasteiger partial charge in [-0.15, -0.1) is 0 Å². The summed E-state index contributed by atoms with van der Waals surface area (Å²) in [5.41, 5.74) is 17.9. The van der Waals surface area contributed by atoms with E-state index in [1.165, 1.54) is 0 Å². The molecule has 16 heteroatoms. The molecule has 0 bridgehead atoms. The van der Waals surface area contributed by atoms with Crippen LogP contribution in [0.5, 0.6) is 11.5 Å². The second kappa shape index (κ2) is 13.9. The number of hydrogen-bond acceptors (Lipinski definition) is 11. The minimum atomic E-state index is -0.399. The Morgan fingerprint density at radius 3 is 1.91 bits per heavy atom. The average molecular weight is 783 g/mol. The molecule has 0 fully saturated rings. The van der Waals surface area contributed by atoms with Crippen LogP contribution in [0.4, 0.5) is 16.7 Å². The Bertz CT molecular complexity index is 1800. The Hall–Kier alpha value is -3.43. The van der Waals surface area contributed by atoms with E-state index in [0.29, 0.717) is 71.3 Å². The lowest BCUT2D eigenvalue weighted by atomic mass is 10.1. The van der Waals surface area contributed by atoms with Crippen molar-refractivity contribution in [1.29, 1.82) is 0 Å². The van der Waals surface area contributed by atoms with E-state index in [0.717, 1.165) is 37.0 Å². The van der Waals surface area contributed by atoms with Crippen molar-refractivity contribution < 1.29 is 19.0 Å². The summed E-state index contributed by atoms with van der Waals surface area (Å²) in [6.45, 7) is 4.12. The first kappa shape index (κ1) is 32.9. The zero-order valence-corrected chi connectivity index (χ0v) is 29.1. The molecule has 0 spiro atoms. The SMILES string of the molecule is CCOC(=O)N1Cc2nc(N)nc(-c3cc(OC)c(Br)cc3Cl)c2C1.COc1cc(-c2nc(N)nc3c2CNC3)c(Cl)cc1Br. The monoisotopic (exact) mass is 780 g/mol. The Labute approximate surface area is 286 Å². The third kappa shape index (κ3) is 6.89. The third-order valence-corrected chi connectivity index (χ3v) is 8.89. The number of nitrogen functional groups attached to an aromatic ring is 2. The Morgan fingerprint density at radius 2 is 1.38 bits per heavy atom. The predicted molar refractivity (Wildman–Crippen MR) is 179 cm³/mol. The average Bonchev–Trinajstić information content (AvgIpc) is 3.64. The zero-order chi connectivity index (χ0) is 32.4. The second-order valence-corrected chi connectivity index (χ2v) is 12.3. The van der Waals surface area contributed by atoms with E-state index < -0.39 is 6.09 Å². The molecular weight excluding hydrogens is 755 g/mol. The molecule has 45 heavy (non-hydrogen) atoms. The number of fused-ring (bicyclic) bond motifs is 2. The maximum atomic E-state index is 12.0. The van der Waals surface area contributed by atoms with Gasteiger partial charge in [0.25, 0.3) is 0 Å². The minimum Gasteiger partial charge on any atom is -0.496 e. The molecule has 0 aliphatic carbocycles. The number of carbonyl (C=O) groups is 1. The number of rotatable bonds is 5. The van der Waals surface area contributed by atoms with Crippen LogP contribution in [-0.4, -0.2) is 51.8 Å². The fourth-order valence-electron chi connectivity index (χ4n) is 4.98. The normalized spacial score (nSPS) is 13.1. The zero-order valence-electron chi connectivity index (χ0n) is 24.4. The molecule has 236 valence electrons. The number of carbonyl (C=O) groups excluding carboxylic acids is 1. The van der Waals surface area contributed by atoms with E-state index in [-0.39, 0.29) is 11.9 Å². The van der Waals surface area contributed by atoms with Crippen LogP contribution in [-0.2, 0) is 30.9 Å². The van der Waals surface area contributed by atoms with E-state index >= 15 is 0 Å². The summed E-state index contributed by atoms with van der Waals surface area (Å²) in [4.78, 5) is 30.8. The van der Waals surface area contributed by atoms with Crippen LogP contribution < -0.4 is 26.3 Å². The van der Waals surface area contributed by atoms with Gasteiger partial charge >= 0.3 is 6.09 Å². The number of amides is 1. The highest BCUT2D eigenvalue weighted by Crippen LogP contribution is 2.41. The third-order valence-electron chi connectivity index (χ3n) is 7.02. The molecule has 6 rings (SSSR count). The molecule has 0 saturated carbocycles. The van der Waals surface area contributed by atoms with E-state index in [4.69, 9.17) is 48.9 Å². The number of methoxy groups -OCH3 is 2. The number of anilines is 2. The fourth-order valence-corrected chi connectivity index (χ4v) is 6.77. The molecule has 4 aromatic rings. The first-order chi connectivity index (χ1) is 21.5. The van der Waals surface area contributed by atoms with Gasteiger partial charge in [-0.2, -0.15) is 0 Å². The Balaban J connectivity index is 0.000000182. The molecule has 2 aliphatic rings. The standard InChI is InChI=1S/C16H16BrClN4O3.C13H12BrClN4O/c1-3-25-16(23)22-6-9-12(7-22)20-15(19)21-14(9)8-4-13(24-2)10(17)5-11(8)18;1-20-11-2-6(9(15)3-8(11)14)12-7-4-17-5-10(7)18-13(16)19-12/h4-5H,3,6-7H2,1-2H3,(H2,19,20,21);2-3,17H,4-5H2,1H3,(H2,16,18,19). The molecule has 0 radical (unpaired) electrons. The van der Waals surface area contributed by atoms with Gasteiger partial charge in [0, 0.05) is 35.3 Å². The summed E-state index contributed by atoms with van der Waals surface area (Å²) in [5.74, 6) is 1.68.